The number of hydrogen-bond donors (Lipinski definition) is 1. The molecule has 2 atom stereocenters. The minimum atomic E-state index is 0.286. The number of nitrogens with two attached hydrogens (primary N) is 1. The third-order valence-electron chi connectivity index (χ3n) is 3.92. The molecule has 2 fully saturated rings. The van der Waals surface area contributed by atoms with Gasteiger partial charge in [-0.3, -0.25) is 4.79 Å². The summed E-state index contributed by atoms with van der Waals surface area (Å²) in [5, 5.41) is 0. The van der Waals surface area contributed by atoms with Crippen molar-refractivity contribution in [3.63, 3.8) is 0 Å². The second-order valence-corrected chi connectivity index (χ2v) is 4.88. The van der Waals surface area contributed by atoms with E-state index < -0.39 is 0 Å². The van der Waals surface area contributed by atoms with Crippen LogP contribution in [0.15, 0.2) is 0 Å². The van der Waals surface area contributed by atoms with Crippen molar-refractivity contribution in [3.05, 3.63) is 0 Å². The summed E-state index contributed by atoms with van der Waals surface area (Å²) >= 11 is 0. The molecule has 2 N–H and O–H groups in total. The van der Waals surface area contributed by atoms with Crippen LogP contribution in [0.25, 0.3) is 0 Å². The van der Waals surface area contributed by atoms with Crippen LogP contribution in [0, 0.1) is 5.92 Å². The van der Waals surface area contributed by atoms with E-state index in [1.807, 2.05) is 0 Å². The number of likely N-dealkylation sites (tertiary alicyclic amines) is 1. The van der Waals surface area contributed by atoms with E-state index in [9.17, 15) is 4.79 Å². The van der Waals surface area contributed by atoms with Gasteiger partial charge < -0.3 is 10.6 Å². The molecule has 0 radical (unpaired) electrons. The molecule has 86 valence electrons. The Labute approximate surface area is 92.0 Å². The van der Waals surface area contributed by atoms with Crippen molar-refractivity contribution in [1.29, 1.82) is 0 Å². The predicted octanol–water partition coefficient (Wildman–Crippen LogP) is 1.52. The van der Waals surface area contributed by atoms with Crippen LogP contribution in [0.2, 0.25) is 0 Å². The fraction of sp³-hybridized carbons (Fsp3) is 0.917. The van der Waals surface area contributed by atoms with E-state index in [0.717, 1.165) is 12.5 Å². The van der Waals surface area contributed by atoms with Crippen molar-refractivity contribution in [2.75, 3.05) is 13.1 Å². The fourth-order valence-electron chi connectivity index (χ4n) is 3.20. The molecular weight excluding hydrogens is 188 g/mol. The van der Waals surface area contributed by atoms with E-state index in [4.69, 9.17) is 5.73 Å². The molecule has 2 rings (SSSR count). The number of amides is 1. The minimum Gasteiger partial charge on any atom is -0.339 e. The van der Waals surface area contributed by atoms with Gasteiger partial charge in [0.05, 0.1) is 0 Å². The van der Waals surface area contributed by atoms with Crippen molar-refractivity contribution in [1.82, 2.24) is 4.90 Å². The number of rotatable bonds is 2. The molecular formula is C12H22N2O. The largest absolute Gasteiger partial charge is 0.339 e. The summed E-state index contributed by atoms with van der Waals surface area (Å²) in [4.78, 5) is 14.0. The Hall–Kier alpha value is -0.570. The van der Waals surface area contributed by atoms with Crippen LogP contribution < -0.4 is 5.73 Å². The van der Waals surface area contributed by atoms with Gasteiger partial charge in [0.15, 0.2) is 0 Å². The Bertz CT molecular complexity index is 228. The lowest BCUT2D eigenvalue weighted by Gasteiger charge is -2.44. The average Bonchev–Trinajstić information content (AvgIpc) is 2.28. The van der Waals surface area contributed by atoms with Gasteiger partial charge in [0.1, 0.15) is 0 Å². The van der Waals surface area contributed by atoms with Gasteiger partial charge in [-0.1, -0.05) is 12.8 Å². The zero-order valence-corrected chi connectivity index (χ0v) is 9.45. The predicted molar refractivity (Wildman–Crippen MR) is 60.4 cm³/mol. The molecule has 1 heterocycles. The molecule has 3 nitrogen and oxygen atoms in total. The summed E-state index contributed by atoms with van der Waals surface area (Å²) in [6, 6.07) is 0.548. The minimum absolute atomic E-state index is 0.286. The van der Waals surface area contributed by atoms with Crippen molar-refractivity contribution in [2.24, 2.45) is 11.7 Å². The third-order valence-corrected chi connectivity index (χ3v) is 3.92. The standard InChI is InChI=1S/C12H22N2O/c13-8-7-12(15)14-9-3-5-10-4-1-2-6-11(10)14/h10-11H,1-9,13H2. The highest BCUT2D eigenvalue weighted by Crippen LogP contribution is 2.35. The maximum Gasteiger partial charge on any atom is 0.224 e. The van der Waals surface area contributed by atoms with Crippen LogP contribution in [0.4, 0.5) is 0 Å². The lowest BCUT2D eigenvalue weighted by atomic mass is 9.78. The molecule has 1 aliphatic carbocycles. The molecule has 15 heavy (non-hydrogen) atoms. The summed E-state index contributed by atoms with van der Waals surface area (Å²) in [5.41, 5.74) is 5.46. The molecule has 0 spiro atoms. The van der Waals surface area contributed by atoms with E-state index in [0.29, 0.717) is 19.0 Å². The summed E-state index contributed by atoms with van der Waals surface area (Å²) < 4.78 is 0. The normalized spacial score (nSPS) is 31.1. The number of fused-ring (bicyclic) bond motifs is 1. The molecule has 0 aromatic heterocycles. The van der Waals surface area contributed by atoms with Crippen LogP contribution in [0.3, 0.4) is 0 Å². The lowest BCUT2D eigenvalue weighted by Crippen LogP contribution is -2.50. The monoisotopic (exact) mass is 210 g/mol. The quantitative estimate of drug-likeness (QED) is 0.751. The molecule has 1 amide bonds. The SMILES string of the molecule is NCCC(=O)N1CCCC2CCCCC21. The highest BCUT2D eigenvalue weighted by Gasteiger charge is 2.34. The number of hydrogen-bond acceptors (Lipinski definition) is 2. The molecule has 0 bridgehead atoms. The zero-order chi connectivity index (χ0) is 10.7. The van der Waals surface area contributed by atoms with Crippen molar-refractivity contribution in [2.45, 2.75) is 51.0 Å². The number of nitrogens with zero attached hydrogens (tertiary/aromatic N) is 1. The molecule has 0 aromatic rings. The highest BCUT2D eigenvalue weighted by atomic mass is 16.2. The maximum atomic E-state index is 11.9. The second-order valence-electron chi connectivity index (χ2n) is 4.88. The van der Waals surface area contributed by atoms with Gasteiger partial charge in [0.25, 0.3) is 0 Å². The molecule has 1 saturated heterocycles. The number of piperidine rings is 1. The number of carbonyl (C=O) groups excluding carboxylic acids is 1. The van der Waals surface area contributed by atoms with Gasteiger partial charge in [-0.25, -0.2) is 0 Å². The second kappa shape index (κ2) is 4.97. The van der Waals surface area contributed by atoms with Crippen molar-refractivity contribution < 1.29 is 4.79 Å². The van der Waals surface area contributed by atoms with Gasteiger partial charge in [0, 0.05) is 25.6 Å². The Morgan fingerprint density at radius 3 is 2.73 bits per heavy atom. The van der Waals surface area contributed by atoms with Crippen molar-refractivity contribution in [3.8, 4) is 0 Å². The topological polar surface area (TPSA) is 46.3 Å². The number of carbonyl (C=O) groups is 1. The third kappa shape index (κ3) is 2.33. The van der Waals surface area contributed by atoms with Crippen LogP contribution in [0.5, 0.6) is 0 Å². The molecule has 2 aliphatic rings. The Kier molecular flexibility index (Phi) is 3.62. The first-order valence-corrected chi connectivity index (χ1v) is 6.32. The van der Waals surface area contributed by atoms with Crippen LogP contribution >= 0.6 is 0 Å². The van der Waals surface area contributed by atoms with Gasteiger partial charge in [-0.2, -0.15) is 0 Å². The summed E-state index contributed by atoms with van der Waals surface area (Å²) in [7, 11) is 0. The Balaban J connectivity index is 2.00. The Morgan fingerprint density at radius 1 is 1.20 bits per heavy atom. The van der Waals surface area contributed by atoms with Gasteiger partial charge >= 0.3 is 0 Å². The van der Waals surface area contributed by atoms with Crippen molar-refractivity contribution >= 4 is 5.91 Å². The van der Waals surface area contributed by atoms with Crippen LogP contribution in [-0.4, -0.2) is 29.9 Å². The van der Waals surface area contributed by atoms with E-state index in [1.54, 1.807) is 0 Å². The highest BCUT2D eigenvalue weighted by molar-refractivity contribution is 5.76. The molecule has 3 heteroatoms. The summed E-state index contributed by atoms with van der Waals surface area (Å²) in [6.07, 6.45) is 8.27. The molecule has 0 aromatic carbocycles. The summed E-state index contributed by atoms with van der Waals surface area (Å²) in [6.45, 7) is 1.46. The molecule has 2 unspecified atom stereocenters. The first-order valence-electron chi connectivity index (χ1n) is 6.32. The van der Waals surface area contributed by atoms with Gasteiger partial charge in [-0.05, 0) is 31.6 Å². The van der Waals surface area contributed by atoms with E-state index in [-0.39, 0.29) is 5.91 Å². The van der Waals surface area contributed by atoms with E-state index in [1.165, 1.54) is 38.5 Å². The van der Waals surface area contributed by atoms with Gasteiger partial charge in [-0.15, -0.1) is 0 Å². The lowest BCUT2D eigenvalue weighted by molar-refractivity contribution is -0.137. The van der Waals surface area contributed by atoms with E-state index >= 15 is 0 Å². The molecule has 1 saturated carbocycles. The van der Waals surface area contributed by atoms with Crippen LogP contribution in [0.1, 0.15) is 44.9 Å². The average molecular weight is 210 g/mol. The first kappa shape index (κ1) is 10.9. The van der Waals surface area contributed by atoms with Gasteiger partial charge in [0.2, 0.25) is 5.91 Å². The smallest absolute Gasteiger partial charge is 0.224 e. The Morgan fingerprint density at radius 2 is 1.93 bits per heavy atom. The maximum absolute atomic E-state index is 11.9. The first-order chi connectivity index (χ1) is 7.33. The molecule has 1 aliphatic heterocycles. The van der Waals surface area contributed by atoms with E-state index in [2.05, 4.69) is 4.90 Å². The zero-order valence-electron chi connectivity index (χ0n) is 9.45. The van der Waals surface area contributed by atoms with Crippen LogP contribution in [-0.2, 0) is 4.79 Å². The fourth-order valence-corrected chi connectivity index (χ4v) is 3.20. The summed E-state index contributed by atoms with van der Waals surface area (Å²) in [5.74, 6) is 1.07.